The molecule has 1 heterocycles. The number of phenols is 1. The number of nitrogens with two attached hydrogens (primary N) is 1. The summed E-state index contributed by atoms with van der Waals surface area (Å²) in [6.07, 6.45) is -0.325. The molecule has 43 heavy (non-hydrogen) atoms. The van der Waals surface area contributed by atoms with Crippen LogP contribution in [0, 0.1) is 0 Å². The molecule has 0 radical (unpaired) electrons. The first-order valence-electron chi connectivity index (χ1n) is 13.0. The zero-order valence-electron chi connectivity index (χ0n) is 22.6. The molecule has 228 valence electrons. The van der Waals surface area contributed by atoms with Crippen molar-refractivity contribution in [1.29, 1.82) is 0 Å². The van der Waals surface area contributed by atoms with Crippen molar-refractivity contribution < 1.29 is 49.2 Å². The predicted octanol–water partition coefficient (Wildman–Crippen LogP) is -0.526. The topological polar surface area (TPSA) is 261 Å². The van der Waals surface area contributed by atoms with Crippen LogP contribution in [0.1, 0.15) is 24.0 Å². The Kier molecular flexibility index (Phi) is 10.8. The van der Waals surface area contributed by atoms with E-state index in [-0.39, 0.29) is 18.6 Å². The fourth-order valence-electron chi connectivity index (χ4n) is 4.29. The molecule has 3 amide bonds. The Morgan fingerprint density at radius 3 is 1.88 bits per heavy atom. The van der Waals surface area contributed by atoms with Crippen LogP contribution in [0.5, 0.6) is 5.75 Å². The number of aromatic nitrogens is 1. The third kappa shape index (κ3) is 9.29. The standard InChI is InChI=1S/C28H31N5O10/c29-18(11-23(35)36)25(39)31-21(10-15-13-30-19-4-2-1-3-17(15)19)27(41)32-20(9-14-5-7-16(34)8-6-14)26(40)33-22(28(42)43)12-24(37)38/h1-8,13,18,20-22,30,34H,9-12,29H2,(H,31,39)(H,32,41)(H,33,40)(H,35,36)(H,37,38)(H,42,43). The van der Waals surface area contributed by atoms with Gasteiger partial charge in [-0.05, 0) is 29.3 Å². The number of para-hydroxylation sites is 1. The normalized spacial score (nSPS) is 13.7. The van der Waals surface area contributed by atoms with E-state index >= 15 is 0 Å². The molecule has 3 rings (SSSR count). The number of rotatable bonds is 15. The number of carboxylic acids is 3. The number of carboxylic acid groups (broad SMARTS) is 3. The summed E-state index contributed by atoms with van der Waals surface area (Å²) in [5.41, 5.74) is 7.50. The molecule has 2 aromatic carbocycles. The predicted molar refractivity (Wildman–Crippen MR) is 150 cm³/mol. The number of phenolic OH excluding ortho intramolecular Hbond substituents is 1. The van der Waals surface area contributed by atoms with Crippen molar-refractivity contribution in [2.45, 2.75) is 49.9 Å². The van der Waals surface area contributed by atoms with Gasteiger partial charge in [-0.2, -0.15) is 0 Å². The summed E-state index contributed by atoms with van der Waals surface area (Å²) >= 11 is 0. The van der Waals surface area contributed by atoms with Crippen LogP contribution in [0.2, 0.25) is 0 Å². The van der Waals surface area contributed by atoms with Gasteiger partial charge < -0.3 is 47.1 Å². The Bertz CT molecular complexity index is 1500. The van der Waals surface area contributed by atoms with E-state index in [1.165, 1.54) is 24.3 Å². The average molecular weight is 598 g/mol. The molecule has 15 heteroatoms. The van der Waals surface area contributed by atoms with Gasteiger partial charge in [0.2, 0.25) is 17.7 Å². The molecular weight excluding hydrogens is 566 g/mol. The maximum absolute atomic E-state index is 13.6. The van der Waals surface area contributed by atoms with E-state index in [1.807, 2.05) is 0 Å². The van der Waals surface area contributed by atoms with Gasteiger partial charge in [-0.15, -0.1) is 0 Å². The number of aromatic hydroxyl groups is 1. The van der Waals surface area contributed by atoms with Crippen molar-refractivity contribution in [1.82, 2.24) is 20.9 Å². The Morgan fingerprint density at radius 1 is 0.721 bits per heavy atom. The van der Waals surface area contributed by atoms with Gasteiger partial charge >= 0.3 is 17.9 Å². The first-order valence-corrected chi connectivity index (χ1v) is 13.0. The highest BCUT2D eigenvalue weighted by Crippen LogP contribution is 2.19. The second kappa shape index (κ2) is 14.5. The molecule has 0 saturated heterocycles. The van der Waals surface area contributed by atoms with Gasteiger partial charge in [-0.25, -0.2) is 4.79 Å². The van der Waals surface area contributed by atoms with Crippen molar-refractivity contribution in [3.8, 4) is 5.75 Å². The molecular formula is C28H31N5O10. The minimum absolute atomic E-state index is 0.0691. The summed E-state index contributed by atoms with van der Waals surface area (Å²) in [6, 6.07) is 6.62. The lowest BCUT2D eigenvalue weighted by atomic mass is 10.0. The van der Waals surface area contributed by atoms with E-state index in [4.69, 9.17) is 15.9 Å². The van der Waals surface area contributed by atoms with Crippen LogP contribution in [-0.4, -0.2) is 85.2 Å². The number of aromatic amines is 1. The van der Waals surface area contributed by atoms with E-state index in [0.29, 0.717) is 11.1 Å². The fraction of sp³-hybridized carbons (Fsp3) is 0.286. The number of hydrogen-bond acceptors (Lipinski definition) is 8. The molecule has 0 saturated carbocycles. The molecule has 3 aromatic rings. The molecule has 15 nitrogen and oxygen atoms in total. The number of hydrogen-bond donors (Lipinski definition) is 9. The molecule has 1 aromatic heterocycles. The smallest absolute Gasteiger partial charge is 0.326 e. The molecule has 0 aliphatic heterocycles. The summed E-state index contributed by atoms with van der Waals surface area (Å²) in [5.74, 6) is -7.33. The van der Waals surface area contributed by atoms with Crippen molar-refractivity contribution in [3.05, 3.63) is 65.9 Å². The molecule has 4 unspecified atom stereocenters. The first-order chi connectivity index (χ1) is 20.3. The Labute approximate surface area is 244 Å². The Hall–Kier alpha value is -5.44. The second-order valence-electron chi connectivity index (χ2n) is 9.76. The minimum atomic E-state index is -1.81. The highest BCUT2D eigenvalue weighted by molar-refractivity contribution is 5.96. The summed E-state index contributed by atoms with van der Waals surface area (Å²) in [5, 5.41) is 44.8. The van der Waals surface area contributed by atoms with Crippen LogP contribution in [0.15, 0.2) is 54.7 Å². The van der Waals surface area contributed by atoms with Crippen LogP contribution < -0.4 is 21.7 Å². The average Bonchev–Trinajstić information content (AvgIpc) is 3.35. The monoisotopic (exact) mass is 597 g/mol. The van der Waals surface area contributed by atoms with Crippen LogP contribution >= 0.6 is 0 Å². The lowest BCUT2D eigenvalue weighted by Crippen LogP contribution is -2.58. The molecule has 0 aliphatic carbocycles. The van der Waals surface area contributed by atoms with E-state index < -0.39 is 72.6 Å². The van der Waals surface area contributed by atoms with Gasteiger partial charge in [0.1, 0.15) is 23.9 Å². The summed E-state index contributed by atoms with van der Waals surface area (Å²) in [6.45, 7) is 0. The summed E-state index contributed by atoms with van der Waals surface area (Å²) < 4.78 is 0. The molecule has 0 fully saturated rings. The number of benzene rings is 2. The van der Waals surface area contributed by atoms with Crippen molar-refractivity contribution in [2.24, 2.45) is 5.73 Å². The quantitative estimate of drug-likeness (QED) is 0.108. The van der Waals surface area contributed by atoms with E-state index in [2.05, 4.69) is 20.9 Å². The number of fused-ring (bicyclic) bond motifs is 1. The van der Waals surface area contributed by atoms with Gasteiger partial charge in [0.05, 0.1) is 18.9 Å². The lowest BCUT2D eigenvalue weighted by Gasteiger charge is -2.25. The van der Waals surface area contributed by atoms with Crippen molar-refractivity contribution in [3.63, 3.8) is 0 Å². The SMILES string of the molecule is NC(CC(=O)O)C(=O)NC(Cc1c[nH]c2ccccc12)C(=O)NC(Cc1ccc(O)cc1)C(=O)NC(CC(=O)O)C(=O)O. The lowest BCUT2D eigenvalue weighted by molar-refractivity contribution is -0.147. The highest BCUT2D eigenvalue weighted by Gasteiger charge is 2.32. The van der Waals surface area contributed by atoms with E-state index in [1.54, 1.807) is 30.5 Å². The summed E-state index contributed by atoms with van der Waals surface area (Å²) in [4.78, 5) is 76.4. The Morgan fingerprint density at radius 2 is 1.28 bits per heavy atom. The van der Waals surface area contributed by atoms with Crippen LogP contribution in [0.3, 0.4) is 0 Å². The van der Waals surface area contributed by atoms with Crippen LogP contribution in [-0.2, 0) is 41.6 Å². The van der Waals surface area contributed by atoms with Crippen LogP contribution in [0.25, 0.3) is 10.9 Å². The van der Waals surface area contributed by atoms with Gasteiger partial charge in [-0.3, -0.25) is 24.0 Å². The van der Waals surface area contributed by atoms with E-state index in [9.17, 15) is 39.0 Å². The highest BCUT2D eigenvalue weighted by atomic mass is 16.4. The third-order valence-electron chi connectivity index (χ3n) is 6.47. The fourth-order valence-corrected chi connectivity index (χ4v) is 4.29. The first kappa shape index (κ1) is 32.1. The minimum Gasteiger partial charge on any atom is -0.508 e. The number of H-pyrrole nitrogens is 1. The molecule has 4 atom stereocenters. The largest absolute Gasteiger partial charge is 0.508 e. The Balaban J connectivity index is 1.91. The number of amides is 3. The van der Waals surface area contributed by atoms with Gasteiger partial charge in [-0.1, -0.05) is 30.3 Å². The molecule has 0 bridgehead atoms. The van der Waals surface area contributed by atoms with Crippen molar-refractivity contribution in [2.75, 3.05) is 0 Å². The molecule has 0 spiro atoms. The van der Waals surface area contributed by atoms with E-state index in [0.717, 1.165) is 10.9 Å². The zero-order chi connectivity index (χ0) is 31.7. The number of carbonyl (C=O) groups excluding carboxylic acids is 3. The summed E-state index contributed by atoms with van der Waals surface area (Å²) in [7, 11) is 0. The zero-order valence-corrected chi connectivity index (χ0v) is 22.6. The van der Waals surface area contributed by atoms with Crippen molar-refractivity contribution >= 4 is 46.5 Å². The molecule has 10 N–H and O–H groups in total. The third-order valence-corrected chi connectivity index (χ3v) is 6.47. The maximum atomic E-state index is 13.6. The number of nitrogens with one attached hydrogen (secondary N) is 4. The van der Waals surface area contributed by atoms with Gasteiger partial charge in [0.25, 0.3) is 0 Å². The number of carbonyl (C=O) groups is 6. The van der Waals surface area contributed by atoms with Crippen LogP contribution in [0.4, 0.5) is 0 Å². The second-order valence-corrected chi connectivity index (χ2v) is 9.76. The van der Waals surface area contributed by atoms with Gasteiger partial charge in [0.15, 0.2) is 0 Å². The molecule has 0 aliphatic rings. The maximum Gasteiger partial charge on any atom is 0.326 e. The van der Waals surface area contributed by atoms with Gasteiger partial charge in [0, 0.05) is 29.9 Å². The number of aliphatic carboxylic acids is 3.